The Morgan fingerprint density at radius 1 is 0.952 bits per heavy atom. The summed E-state index contributed by atoms with van der Waals surface area (Å²) in [4.78, 5) is 0. The first-order valence-electron chi connectivity index (χ1n) is 6.37. The topological polar surface area (TPSA) is 29.5 Å². The average Bonchev–Trinajstić information content (AvgIpc) is 2.48. The SMILES string of the molecule is OC(=S)OC(S)=S(Cc1ccccc1)Cc1ccccc1. The van der Waals surface area contributed by atoms with E-state index in [1.54, 1.807) is 0 Å². The molecule has 0 fully saturated rings. The van der Waals surface area contributed by atoms with Crippen LogP contribution in [0.5, 0.6) is 0 Å². The van der Waals surface area contributed by atoms with Crippen LogP contribution in [0.2, 0.25) is 0 Å². The third-order valence-corrected chi connectivity index (χ3v) is 5.68. The van der Waals surface area contributed by atoms with E-state index in [0.29, 0.717) is 4.38 Å². The molecule has 2 aromatic rings. The quantitative estimate of drug-likeness (QED) is 0.635. The molecule has 5 heteroatoms. The van der Waals surface area contributed by atoms with Gasteiger partial charge in [0, 0.05) is 23.7 Å². The van der Waals surface area contributed by atoms with Gasteiger partial charge in [0.05, 0.1) is 0 Å². The molecule has 0 saturated carbocycles. The summed E-state index contributed by atoms with van der Waals surface area (Å²) >= 11 is 8.97. The lowest BCUT2D eigenvalue weighted by Gasteiger charge is -2.13. The minimum Gasteiger partial charge on any atom is -0.472 e. The van der Waals surface area contributed by atoms with Crippen LogP contribution in [0, 0.1) is 0 Å². The van der Waals surface area contributed by atoms with E-state index >= 15 is 0 Å². The predicted octanol–water partition coefficient (Wildman–Crippen LogP) is 4.53. The van der Waals surface area contributed by atoms with Gasteiger partial charge in [-0.25, -0.2) is 0 Å². The van der Waals surface area contributed by atoms with Crippen LogP contribution in [0.4, 0.5) is 0 Å². The molecule has 2 nitrogen and oxygen atoms in total. The van der Waals surface area contributed by atoms with Gasteiger partial charge in [0.1, 0.15) is 0 Å². The molecule has 0 radical (unpaired) electrons. The number of thiocarbonyl (C=S) groups is 1. The van der Waals surface area contributed by atoms with Crippen molar-refractivity contribution in [2.24, 2.45) is 0 Å². The monoisotopic (exact) mass is 336 g/mol. The van der Waals surface area contributed by atoms with Gasteiger partial charge in [-0.3, -0.25) is 0 Å². The summed E-state index contributed by atoms with van der Waals surface area (Å²) in [7, 11) is -0.281. The second kappa shape index (κ2) is 8.22. The summed E-state index contributed by atoms with van der Waals surface area (Å²) < 4.78 is 5.60. The minimum absolute atomic E-state index is 0.281. The lowest BCUT2D eigenvalue weighted by molar-refractivity contribution is 0.400. The maximum Gasteiger partial charge on any atom is 0.356 e. The second-order valence-electron chi connectivity index (χ2n) is 4.39. The van der Waals surface area contributed by atoms with Gasteiger partial charge in [0.25, 0.3) is 0 Å². The molecule has 0 atom stereocenters. The summed E-state index contributed by atoms with van der Waals surface area (Å²) in [5.74, 6) is 1.61. The molecule has 0 saturated heterocycles. The summed E-state index contributed by atoms with van der Waals surface area (Å²) in [6.45, 7) is 0. The van der Waals surface area contributed by atoms with Crippen LogP contribution in [0.3, 0.4) is 0 Å². The lowest BCUT2D eigenvalue weighted by Crippen LogP contribution is -2.06. The Morgan fingerprint density at radius 2 is 1.38 bits per heavy atom. The Labute approximate surface area is 138 Å². The van der Waals surface area contributed by atoms with E-state index < -0.39 is 5.24 Å². The van der Waals surface area contributed by atoms with Crippen molar-refractivity contribution in [3.8, 4) is 0 Å². The number of benzene rings is 2. The van der Waals surface area contributed by atoms with Crippen LogP contribution >= 0.6 is 35.3 Å². The van der Waals surface area contributed by atoms with E-state index in [-0.39, 0.29) is 10.5 Å². The van der Waals surface area contributed by atoms with Crippen molar-refractivity contribution in [2.75, 3.05) is 0 Å². The maximum atomic E-state index is 9.15. The zero-order chi connectivity index (χ0) is 15.1. The molecule has 110 valence electrons. The number of thiol groups is 1. The maximum absolute atomic E-state index is 9.15. The highest BCUT2D eigenvalue weighted by Crippen LogP contribution is 2.28. The van der Waals surface area contributed by atoms with Crippen LogP contribution in [0.15, 0.2) is 60.7 Å². The number of aliphatic hydroxyl groups is 1. The normalized spacial score (nSPS) is 10.4. The lowest BCUT2D eigenvalue weighted by atomic mass is 10.2. The van der Waals surface area contributed by atoms with Crippen molar-refractivity contribution in [3.05, 3.63) is 71.8 Å². The van der Waals surface area contributed by atoms with Crippen LogP contribution in [0.25, 0.3) is 0 Å². The van der Waals surface area contributed by atoms with Gasteiger partial charge >= 0.3 is 5.24 Å². The Morgan fingerprint density at radius 3 is 1.76 bits per heavy atom. The summed E-state index contributed by atoms with van der Waals surface area (Å²) in [5, 5.41) is 8.66. The van der Waals surface area contributed by atoms with Crippen LogP contribution in [0.1, 0.15) is 11.1 Å². The molecule has 1 N–H and O–H groups in total. The van der Waals surface area contributed by atoms with Crippen molar-refractivity contribution in [3.63, 3.8) is 0 Å². The fraction of sp³-hybridized carbons (Fsp3) is 0.125. The summed E-state index contributed by atoms with van der Waals surface area (Å²) in [6, 6.07) is 20.3. The molecule has 2 rings (SSSR count). The highest BCUT2D eigenvalue weighted by Gasteiger charge is 2.08. The summed E-state index contributed by atoms with van der Waals surface area (Å²) in [6.07, 6.45) is 0. The second-order valence-corrected chi connectivity index (χ2v) is 7.38. The van der Waals surface area contributed by atoms with Gasteiger partial charge in [-0.1, -0.05) is 73.3 Å². The first-order valence-corrected chi connectivity index (χ1v) is 8.79. The van der Waals surface area contributed by atoms with Crippen LogP contribution in [-0.2, 0) is 16.2 Å². The van der Waals surface area contributed by atoms with Gasteiger partial charge in [-0.05, 0) is 11.1 Å². The number of hydrogen-bond acceptors (Lipinski definition) is 2. The third-order valence-electron chi connectivity index (χ3n) is 2.79. The van der Waals surface area contributed by atoms with Gasteiger partial charge in [0.15, 0.2) is 4.38 Å². The van der Waals surface area contributed by atoms with Gasteiger partial charge < -0.3 is 9.84 Å². The van der Waals surface area contributed by atoms with E-state index in [1.165, 1.54) is 11.1 Å². The number of ether oxygens (including phenoxy) is 1. The fourth-order valence-corrected chi connectivity index (χ4v) is 4.27. The third kappa shape index (κ3) is 5.53. The van der Waals surface area contributed by atoms with Crippen molar-refractivity contribution >= 4 is 45.0 Å². The zero-order valence-corrected chi connectivity index (χ0v) is 13.8. The largest absolute Gasteiger partial charge is 0.472 e. The predicted molar refractivity (Wildman–Crippen MR) is 98.2 cm³/mol. The van der Waals surface area contributed by atoms with Gasteiger partial charge in [-0.2, -0.15) is 0 Å². The van der Waals surface area contributed by atoms with Crippen LogP contribution < -0.4 is 0 Å². The smallest absolute Gasteiger partial charge is 0.356 e. The zero-order valence-electron chi connectivity index (χ0n) is 11.3. The highest BCUT2D eigenvalue weighted by molar-refractivity contribution is 8.26. The van der Waals surface area contributed by atoms with Gasteiger partial charge in [0.2, 0.25) is 0 Å². The molecule has 0 aliphatic heterocycles. The Kier molecular flexibility index (Phi) is 6.29. The molecular weight excluding hydrogens is 320 g/mol. The molecule has 0 aromatic heterocycles. The molecule has 0 amide bonds. The molecule has 0 unspecified atom stereocenters. The number of hydrogen-bond donors (Lipinski definition) is 2. The standard InChI is InChI=1S/C16H16O2S3/c17-15(19)18-16(20)21(11-13-7-3-1-4-8-13)12-14-9-5-2-6-10-14/h1-10,20H,11-12H2,(H,17,19). The number of rotatable bonds is 4. The Bertz CT molecular complexity index is 581. The highest BCUT2D eigenvalue weighted by atomic mass is 32.2. The fourth-order valence-electron chi connectivity index (χ4n) is 1.86. The number of aliphatic hydroxyl groups excluding tert-OH is 1. The van der Waals surface area contributed by atoms with Crippen LogP contribution in [-0.4, -0.2) is 14.7 Å². The molecule has 0 bridgehead atoms. The van der Waals surface area contributed by atoms with E-state index in [0.717, 1.165) is 11.5 Å². The Balaban J connectivity index is 2.24. The molecule has 0 spiro atoms. The van der Waals surface area contributed by atoms with E-state index in [9.17, 15) is 0 Å². The minimum atomic E-state index is -0.487. The molecule has 0 heterocycles. The van der Waals surface area contributed by atoms with Crippen molar-refractivity contribution < 1.29 is 9.84 Å². The summed E-state index contributed by atoms with van der Waals surface area (Å²) in [5.41, 5.74) is 2.41. The van der Waals surface area contributed by atoms with Crippen molar-refractivity contribution in [2.45, 2.75) is 11.5 Å². The molecule has 21 heavy (non-hydrogen) atoms. The molecule has 2 aromatic carbocycles. The molecular formula is C16H16O2S3. The van der Waals surface area contributed by atoms with Crippen molar-refractivity contribution in [1.29, 1.82) is 0 Å². The van der Waals surface area contributed by atoms with Gasteiger partial charge in [-0.15, -0.1) is 10.5 Å². The molecule has 0 aliphatic rings. The first-order chi connectivity index (χ1) is 10.1. The van der Waals surface area contributed by atoms with E-state index in [4.69, 9.17) is 9.84 Å². The molecule has 0 aliphatic carbocycles. The van der Waals surface area contributed by atoms with E-state index in [2.05, 4.69) is 49.1 Å². The first kappa shape index (κ1) is 16.1. The van der Waals surface area contributed by atoms with Crippen molar-refractivity contribution in [1.82, 2.24) is 0 Å². The van der Waals surface area contributed by atoms with E-state index in [1.807, 2.05) is 36.4 Å². The Hall–Kier alpha value is -1.30. The average molecular weight is 337 g/mol.